The number of aliphatic hydroxyl groups excluding tert-OH is 1. The Labute approximate surface area is 104 Å². The van der Waals surface area contributed by atoms with E-state index in [4.69, 9.17) is 5.73 Å². The fourth-order valence-corrected chi connectivity index (χ4v) is 1.57. The Balaban J connectivity index is 0. The van der Waals surface area contributed by atoms with Crippen molar-refractivity contribution < 1.29 is 9.90 Å². The number of nitrogens with one attached hydrogen (secondary N) is 1. The Morgan fingerprint density at radius 2 is 1.94 bits per heavy atom. The summed E-state index contributed by atoms with van der Waals surface area (Å²) in [7, 11) is 0. The molecule has 0 aromatic carbocycles. The van der Waals surface area contributed by atoms with Gasteiger partial charge in [-0.1, -0.05) is 26.7 Å². The van der Waals surface area contributed by atoms with Crippen LogP contribution in [0, 0.1) is 5.92 Å². The maximum atomic E-state index is 11.2. The Hall–Kier alpha value is -0.320. The van der Waals surface area contributed by atoms with E-state index >= 15 is 0 Å². The molecule has 5 heteroatoms. The van der Waals surface area contributed by atoms with Crippen molar-refractivity contribution in [2.75, 3.05) is 13.1 Å². The summed E-state index contributed by atoms with van der Waals surface area (Å²) in [5, 5.41) is 12.5. The summed E-state index contributed by atoms with van der Waals surface area (Å²) >= 11 is 0. The van der Waals surface area contributed by atoms with Gasteiger partial charge in [0.05, 0.1) is 6.10 Å². The van der Waals surface area contributed by atoms with Crippen molar-refractivity contribution in [3.05, 3.63) is 0 Å². The number of aliphatic hydroxyl groups is 1. The Morgan fingerprint density at radius 3 is 2.38 bits per heavy atom. The number of rotatable bonds is 8. The summed E-state index contributed by atoms with van der Waals surface area (Å²) in [4.78, 5) is 11.2. The topological polar surface area (TPSA) is 75.3 Å². The molecule has 1 amide bonds. The largest absolute Gasteiger partial charge is 0.391 e. The van der Waals surface area contributed by atoms with Gasteiger partial charge in [-0.2, -0.15) is 0 Å². The zero-order valence-electron chi connectivity index (χ0n) is 10.2. The highest BCUT2D eigenvalue weighted by molar-refractivity contribution is 5.85. The van der Waals surface area contributed by atoms with Gasteiger partial charge in [-0.05, 0) is 18.9 Å². The lowest BCUT2D eigenvalue weighted by Gasteiger charge is -2.20. The van der Waals surface area contributed by atoms with E-state index in [0.717, 1.165) is 12.8 Å². The van der Waals surface area contributed by atoms with Gasteiger partial charge in [-0.3, -0.25) is 4.79 Å². The summed E-state index contributed by atoms with van der Waals surface area (Å²) < 4.78 is 0. The number of amides is 1. The van der Waals surface area contributed by atoms with Crippen molar-refractivity contribution in [3.8, 4) is 0 Å². The first-order valence-corrected chi connectivity index (χ1v) is 5.80. The summed E-state index contributed by atoms with van der Waals surface area (Å²) in [5.41, 5.74) is 5.29. The van der Waals surface area contributed by atoms with Crippen LogP contribution in [0.25, 0.3) is 0 Å². The molecule has 0 spiro atoms. The molecule has 4 nitrogen and oxygen atoms in total. The van der Waals surface area contributed by atoms with Crippen molar-refractivity contribution in [1.29, 1.82) is 0 Å². The zero-order chi connectivity index (χ0) is 11.7. The van der Waals surface area contributed by atoms with Crippen LogP contribution in [0.5, 0.6) is 0 Å². The lowest BCUT2D eigenvalue weighted by atomic mass is 9.96. The number of nitrogens with two attached hydrogens (primary N) is 1. The second-order valence-electron chi connectivity index (χ2n) is 3.84. The van der Waals surface area contributed by atoms with Gasteiger partial charge in [0.15, 0.2) is 0 Å². The van der Waals surface area contributed by atoms with Crippen LogP contribution in [-0.2, 0) is 4.79 Å². The van der Waals surface area contributed by atoms with Gasteiger partial charge >= 0.3 is 0 Å². The van der Waals surface area contributed by atoms with Crippen LogP contribution in [0.4, 0.5) is 0 Å². The highest BCUT2D eigenvalue weighted by Crippen LogP contribution is 2.12. The van der Waals surface area contributed by atoms with Gasteiger partial charge in [0.2, 0.25) is 5.91 Å². The smallest absolute Gasteiger partial charge is 0.220 e. The molecule has 0 saturated heterocycles. The summed E-state index contributed by atoms with van der Waals surface area (Å²) in [6, 6.07) is 0. The number of hydrogen-bond acceptors (Lipinski definition) is 3. The first-order chi connectivity index (χ1) is 7.15. The minimum atomic E-state index is -0.429. The maximum absolute atomic E-state index is 11.2. The first-order valence-electron chi connectivity index (χ1n) is 5.80. The molecular formula is C11H25ClN2O2. The quantitative estimate of drug-likeness (QED) is 0.605. The van der Waals surface area contributed by atoms with E-state index in [0.29, 0.717) is 25.9 Å². The number of carbonyl (C=O) groups is 1. The van der Waals surface area contributed by atoms with Crippen LogP contribution in [-0.4, -0.2) is 30.2 Å². The van der Waals surface area contributed by atoms with Crippen molar-refractivity contribution in [2.24, 2.45) is 11.7 Å². The summed E-state index contributed by atoms with van der Waals surface area (Å²) in [5.74, 6) is 0.255. The molecule has 0 aliphatic heterocycles. The molecule has 0 bridgehead atoms. The van der Waals surface area contributed by atoms with Crippen molar-refractivity contribution >= 4 is 18.3 Å². The van der Waals surface area contributed by atoms with Crippen molar-refractivity contribution in [2.45, 2.75) is 45.6 Å². The fraction of sp³-hybridized carbons (Fsp3) is 0.909. The van der Waals surface area contributed by atoms with E-state index in [1.807, 2.05) is 13.8 Å². The molecule has 0 rings (SSSR count). The van der Waals surface area contributed by atoms with Gasteiger partial charge < -0.3 is 16.2 Å². The average Bonchev–Trinajstić information content (AvgIpc) is 2.25. The van der Waals surface area contributed by atoms with Crippen LogP contribution in [0.1, 0.15) is 39.5 Å². The van der Waals surface area contributed by atoms with Gasteiger partial charge in [0.25, 0.3) is 0 Å². The van der Waals surface area contributed by atoms with E-state index in [1.54, 1.807) is 0 Å². The van der Waals surface area contributed by atoms with Gasteiger partial charge in [0.1, 0.15) is 0 Å². The molecule has 0 aliphatic rings. The lowest BCUT2D eigenvalue weighted by Crippen LogP contribution is -2.36. The molecule has 0 heterocycles. The Bertz CT molecular complexity index is 175. The molecule has 0 aromatic heterocycles. The SMILES string of the molecule is CCC(CC)C(O)CNC(=O)CCCN.Cl. The van der Waals surface area contributed by atoms with E-state index < -0.39 is 6.10 Å². The molecule has 0 radical (unpaired) electrons. The molecular weight excluding hydrogens is 228 g/mol. The first kappa shape index (κ1) is 18.1. The normalized spacial score (nSPS) is 12.1. The minimum absolute atomic E-state index is 0. The van der Waals surface area contributed by atoms with E-state index in [9.17, 15) is 9.90 Å². The van der Waals surface area contributed by atoms with Crippen LogP contribution in [0.2, 0.25) is 0 Å². The van der Waals surface area contributed by atoms with Crippen LogP contribution < -0.4 is 11.1 Å². The van der Waals surface area contributed by atoms with E-state index in [1.165, 1.54) is 0 Å². The van der Waals surface area contributed by atoms with Crippen LogP contribution >= 0.6 is 12.4 Å². The number of halogens is 1. The second-order valence-corrected chi connectivity index (χ2v) is 3.84. The molecule has 0 aromatic rings. The van der Waals surface area contributed by atoms with Gasteiger partial charge in [0, 0.05) is 13.0 Å². The zero-order valence-corrected chi connectivity index (χ0v) is 11.1. The third-order valence-corrected chi connectivity index (χ3v) is 2.71. The molecule has 1 atom stereocenters. The van der Waals surface area contributed by atoms with E-state index in [-0.39, 0.29) is 24.2 Å². The molecule has 0 aliphatic carbocycles. The number of carbonyl (C=O) groups excluding carboxylic acids is 1. The highest BCUT2D eigenvalue weighted by atomic mass is 35.5. The van der Waals surface area contributed by atoms with Crippen molar-refractivity contribution in [1.82, 2.24) is 5.32 Å². The fourth-order valence-electron chi connectivity index (χ4n) is 1.57. The van der Waals surface area contributed by atoms with Crippen LogP contribution in [0.3, 0.4) is 0 Å². The van der Waals surface area contributed by atoms with E-state index in [2.05, 4.69) is 5.32 Å². The predicted molar refractivity (Wildman–Crippen MR) is 68.6 cm³/mol. The molecule has 0 saturated carbocycles. The number of hydrogen-bond donors (Lipinski definition) is 3. The third kappa shape index (κ3) is 7.91. The summed E-state index contributed by atoms with van der Waals surface area (Å²) in [6.07, 6.45) is 2.60. The standard InChI is InChI=1S/C11H24N2O2.ClH/c1-3-9(4-2)10(14)8-13-11(15)6-5-7-12;/h9-10,14H,3-8,12H2,1-2H3,(H,13,15);1H. The van der Waals surface area contributed by atoms with Crippen molar-refractivity contribution in [3.63, 3.8) is 0 Å². The highest BCUT2D eigenvalue weighted by Gasteiger charge is 2.15. The molecule has 1 unspecified atom stereocenters. The molecule has 0 fully saturated rings. The summed E-state index contributed by atoms with van der Waals surface area (Å²) in [6.45, 7) is 4.99. The molecule has 16 heavy (non-hydrogen) atoms. The average molecular weight is 253 g/mol. The maximum Gasteiger partial charge on any atom is 0.220 e. The predicted octanol–water partition coefficient (Wildman–Crippen LogP) is 1.06. The van der Waals surface area contributed by atoms with Gasteiger partial charge in [-0.25, -0.2) is 0 Å². The Kier molecular flexibility index (Phi) is 12.6. The third-order valence-electron chi connectivity index (χ3n) is 2.71. The van der Waals surface area contributed by atoms with Crippen LogP contribution in [0.15, 0.2) is 0 Å². The monoisotopic (exact) mass is 252 g/mol. The molecule has 4 N–H and O–H groups in total. The Morgan fingerprint density at radius 1 is 1.38 bits per heavy atom. The minimum Gasteiger partial charge on any atom is -0.391 e. The second kappa shape index (κ2) is 11.2. The lowest BCUT2D eigenvalue weighted by molar-refractivity contribution is -0.121. The molecule has 98 valence electrons. The van der Waals surface area contributed by atoms with Gasteiger partial charge in [-0.15, -0.1) is 12.4 Å².